The number of likely N-dealkylation sites (N-methyl/N-ethyl adjacent to an activating group) is 1. The van der Waals surface area contributed by atoms with E-state index in [9.17, 15) is 8.78 Å². The average molecular weight is 505 g/mol. The molecule has 36 heavy (non-hydrogen) atoms. The summed E-state index contributed by atoms with van der Waals surface area (Å²) >= 11 is 0. The van der Waals surface area contributed by atoms with Gasteiger partial charge in [-0.15, -0.1) is 0 Å². The van der Waals surface area contributed by atoms with Crippen LogP contribution in [0.1, 0.15) is 38.7 Å². The first kappa shape index (κ1) is 25.4. The number of halogens is 2. The Bertz CT molecular complexity index is 1000. The predicted octanol–water partition coefficient (Wildman–Crippen LogP) is 2.95. The number of nitrogens with one attached hydrogen (secondary N) is 2. The van der Waals surface area contributed by atoms with Crippen LogP contribution in [0.15, 0.2) is 24.0 Å². The molecule has 0 radical (unpaired) electrons. The predicted molar refractivity (Wildman–Crippen MR) is 134 cm³/mol. The number of pyridine rings is 1. The molecule has 1 aromatic rings. The lowest BCUT2D eigenvalue weighted by molar-refractivity contribution is -0.190. The first-order valence-electron chi connectivity index (χ1n) is 13.0. The molecule has 2 aliphatic heterocycles. The van der Waals surface area contributed by atoms with E-state index >= 15 is 0 Å². The fraction of sp³-hybridized carbons (Fsp3) is 0.692. The molecule has 3 heterocycles. The fourth-order valence-corrected chi connectivity index (χ4v) is 6.40. The Morgan fingerprint density at radius 3 is 2.72 bits per heavy atom. The molecule has 2 saturated heterocycles. The van der Waals surface area contributed by atoms with Gasteiger partial charge < -0.3 is 30.8 Å². The van der Waals surface area contributed by atoms with E-state index in [0.29, 0.717) is 29.4 Å². The Balaban J connectivity index is 1.24. The van der Waals surface area contributed by atoms with E-state index in [0.717, 1.165) is 44.9 Å². The highest BCUT2D eigenvalue weighted by molar-refractivity contribution is 6.07. The average Bonchev–Trinajstić information content (AvgIpc) is 3.30. The molecule has 4 N–H and O–H groups in total. The zero-order valence-corrected chi connectivity index (χ0v) is 21.3. The van der Waals surface area contributed by atoms with Gasteiger partial charge in [-0.1, -0.05) is 6.92 Å². The van der Waals surface area contributed by atoms with Crippen molar-refractivity contribution in [3.05, 3.63) is 29.6 Å². The quantitative estimate of drug-likeness (QED) is 0.445. The molecule has 198 valence electrons. The minimum absolute atomic E-state index is 0.0252. The van der Waals surface area contributed by atoms with Crippen LogP contribution in [0.3, 0.4) is 0 Å². The number of hydrogen-bond acceptors (Lipinski definition) is 8. The highest BCUT2D eigenvalue weighted by atomic mass is 19.3. The number of rotatable bonds is 9. The smallest absolute Gasteiger partial charge is 0.387 e. The van der Waals surface area contributed by atoms with Crippen LogP contribution in [-0.4, -0.2) is 84.6 Å². The number of aromatic nitrogens is 1. The SMILES string of the molecule is CCC(C)N/C(=C\C(=N)c1cnc(N)c(OC(F)F)c1)[C@H]1[C@@H]2CC(N3CC4(CN(C)CCO4)C3)C[C@@H]21. The molecular formula is C26H38F2N6O2. The molecule has 0 amide bonds. The van der Waals surface area contributed by atoms with Crippen LogP contribution in [0, 0.1) is 23.2 Å². The number of ether oxygens (including phenoxy) is 2. The number of nitrogens with zero attached hydrogens (tertiary/aromatic N) is 3. The molecule has 4 fully saturated rings. The highest BCUT2D eigenvalue weighted by Crippen LogP contribution is 2.61. The largest absolute Gasteiger partial charge is 0.431 e. The summed E-state index contributed by atoms with van der Waals surface area (Å²) in [6.45, 7) is 6.17. The number of fused-ring (bicyclic) bond motifs is 1. The molecule has 8 nitrogen and oxygen atoms in total. The van der Waals surface area contributed by atoms with E-state index in [1.807, 2.05) is 6.08 Å². The third-order valence-corrected chi connectivity index (χ3v) is 8.45. The van der Waals surface area contributed by atoms with Gasteiger partial charge in [-0.2, -0.15) is 8.78 Å². The maximum atomic E-state index is 12.7. The molecule has 10 heteroatoms. The van der Waals surface area contributed by atoms with E-state index in [4.69, 9.17) is 15.9 Å². The number of nitrogens with two attached hydrogens (primary N) is 1. The summed E-state index contributed by atoms with van der Waals surface area (Å²) in [6, 6.07) is 2.25. The Labute approximate surface area is 211 Å². The zero-order valence-electron chi connectivity index (χ0n) is 21.3. The van der Waals surface area contributed by atoms with Crippen LogP contribution < -0.4 is 15.8 Å². The summed E-state index contributed by atoms with van der Waals surface area (Å²) < 4.78 is 36.1. The normalized spacial score (nSPS) is 30.7. The lowest BCUT2D eigenvalue weighted by atomic mass is 9.88. The number of likely N-dealkylation sites (tertiary alicyclic amines) is 1. The molecule has 1 spiro atoms. The van der Waals surface area contributed by atoms with Crippen molar-refractivity contribution in [1.82, 2.24) is 20.1 Å². The second-order valence-corrected chi connectivity index (χ2v) is 11.1. The van der Waals surface area contributed by atoms with Gasteiger partial charge in [0.1, 0.15) is 5.60 Å². The van der Waals surface area contributed by atoms with Crippen molar-refractivity contribution < 1.29 is 18.3 Å². The Morgan fingerprint density at radius 1 is 1.36 bits per heavy atom. The van der Waals surface area contributed by atoms with Gasteiger partial charge in [-0.3, -0.25) is 4.90 Å². The van der Waals surface area contributed by atoms with Gasteiger partial charge in [0.2, 0.25) is 0 Å². The third-order valence-electron chi connectivity index (χ3n) is 8.45. The van der Waals surface area contributed by atoms with E-state index in [1.165, 1.54) is 25.1 Å². The van der Waals surface area contributed by atoms with Crippen molar-refractivity contribution in [2.75, 3.05) is 45.6 Å². The van der Waals surface area contributed by atoms with E-state index in [2.05, 4.69) is 45.7 Å². The molecule has 2 aliphatic carbocycles. The van der Waals surface area contributed by atoms with E-state index in [-0.39, 0.29) is 28.9 Å². The Hall–Kier alpha value is -2.30. The van der Waals surface area contributed by atoms with Crippen LogP contribution in [0.5, 0.6) is 5.75 Å². The Morgan fingerprint density at radius 2 is 2.08 bits per heavy atom. The summed E-state index contributed by atoms with van der Waals surface area (Å²) in [6.07, 6.45) is 6.58. The van der Waals surface area contributed by atoms with Gasteiger partial charge in [0.25, 0.3) is 0 Å². The second kappa shape index (κ2) is 9.87. The third kappa shape index (κ3) is 5.08. The number of anilines is 1. The summed E-state index contributed by atoms with van der Waals surface area (Å²) in [5.41, 5.74) is 7.36. The van der Waals surface area contributed by atoms with Gasteiger partial charge in [-0.25, -0.2) is 4.98 Å². The molecule has 5 rings (SSSR count). The van der Waals surface area contributed by atoms with Gasteiger partial charge in [0, 0.05) is 61.6 Å². The molecular weight excluding hydrogens is 466 g/mol. The van der Waals surface area contributed by atoms with Gasteiger partial charge in [-0.05, 0) is 57.2 Å². The summed E-state index contributed by atoms with van der Waals surface area (Å²) in [4.78, 5) is 8.92. The summed E-state index contributed by atoms with van der Waals surface area (Å²) in [5, 5.41) is 12.3. The van der Waals surface area contributed by atoms with Gasteiger partial charge >= 0.3 is 6.61 Å². The minimum Gasteiger partial charge on any atom is -0.431 e. The molecule has 0 bridgehead atoms. The van der Waals surface area contributed by atoms with Crippen molar-refractivity contribution in [2.45, 2.75) is 57.4 Å². The van der Waals surface area contributed by atoms with Crippen molar-refractivity contribution in [3.63, 3.8) is 0 Å². The van der Waals surface area contributed by atoms with E-state index < -0.39 is 6.61 Å². The number of nitrogen functional groups attached to an aromatic ring is 1. The van der Waals surface area contributed by atoms with Gasteiger partial charge in [0.05, 0.1) is 12.3 Å². The fourth-order valence-electron chi connectivity index (χ4n) is 6.40. The van der Waals surface area contributed by atoms with Crippen LogP contribution >= 0.6 is 0 Å². The summed E-state index contributed by atoms with van der Waals surface area (Å²) in [7, 11) is 2.17. The number of morpholine rings is 1. The maximum absolute atomic E-state index is 12.7. The molecule has 5 atom stereocenters. The maximum Gasteiger partial charge on any atom is 0.387 e. The minimum atomic E-state index is -3.00. The number of hydrogen-bond donors (Lipinski definition) is 3. The number of allylic oxidation sites excluding steroid dienone is 2. The first-order valence-corrected chi connectivity index (χ1v) is 13.0. The van der Waals surface area contributed by atoms with Crippen molar-refractivity contribution >= 4 is 11.5 Å². The second-order valence-electron chi connectivity index (χ2n) is 11.1. The lowest BCUT2D eigenvalue weighted by Gasteiger charge is -2.55. The highest BCUT2D eigenvalue weighted by Gasteiger charge is 2.60. The van der Waals surface area contributed by atoms with Crippen LogP contribution in [0.25, 0.3) is 0 Å². The molecule has 2 saturated carbocycles. The van der Waals surface area contributed by atoms with Crippen LogP contribution in [-0.2, 0) is 4.74 Å². The topological polar surface area (TPSA) is 99.7 Å². The molecule has 4 aliphatic rings. The number of alkyl halides is 2. The van der Waals surface area contributed by atoms with E-state index in [1.54, 1.807) is 0 Å². The van der Waals surface area contributed by atoms with Gasteiger partial charge in [0.15, 0.2) is 11.6 Å². The van der Waals surface area contributed by atoms with Crippen molar-refractivity contribution in [3.8, 4) is 5.75 Å². The molecule has 2 unspecified atom stereocenters. The van der Waals surface area contributed by atoms with Crippen LogP contribution in [0.4, 0.5) is 14.6 Å². The van der Waals surface area contributed by atoms with Crippen molar-refractivity contribution in [2.24, 2.45) is 17.8 Å². The monoisotopic (exact) mass is 504 g/mol. The standard InChI is InChI=1S/C26H38F2N6O2/c1-4-15(2)32-21(10-20(29)16-7-22(36-25(27)28)24(30)31-11-16)23-18-8-17(9-19(18)23)34-13-26(14-34)12-33(3)5-6-35-26/h7,10-11,15,17-19,23,25,29,32H,4-6,8-9,12-14H2,1-3H3,(H2,30,31)/b21-10-,29-20?/t15?,17?,18-,19+,23+. The first-order chi connectivity index (χ1) is 17.2. The zero-order chi connectivity index (χ0) is 25.6. The molecule has 0 aromatic carbocycles. The Kier molecular flexibility index (Phi) is 6.95. The molecule has 1 aromatic heterocycles. The van der Waals surface area contributed by atoms with Crippen LogP contribution in [0.2, 0.25) is 0 Å². The summed E-state index contributed by atoms with van der Waals surface area (Å²) in [5.74, 6) is 1.30. The van der Waals surface area contributed by atoms with Crippen molar-refractivity contribution in [1.29, 1.82) is 5.41 Å². The lowest BCUT2D eigenvalue weighted by Crippen LogP contribution is -2.71.